The number of ketones is 1. The van der Waals surface area contributed by atoms with E-state index in [1.54, 1.807) is 37.3 Å². The summed E-state index contributed by atoms with van der Waals surface area (Å²) in [5.41, 5.74) is 2.43. The number of nitrogens with one attached hydrogen (secondary N) is 1. The van der Waals surface area contributed by atoms with Crippen LogP contribution in [0, 0.1) is 6.92 Å². The van der Waals surface area contributed by atoms with Crippen LogP contribution in [-0.4, -0.2) is 28.7 Å². The van der Waals surface area contributed by atoms with Crippen LogP contribution >= 0.6 is 0 Å². The minimum Gasteiger partial charge on any atom is -0.329 e. The number of aryl methyl sites for hydroxylation is 1. The minimum absolute atomic E-state index is 0.0205. The van der Waals surface area contributed by atoms with E-state index in [4.69, 9.17) is 0 Å². The first kappa shape index (κ1) is 18.3. The first-order valence-corrected chi connectivity index (χ1v) is 8.51. The fraction of sp³-hybridized carbons (Fsp3) is 0.143. The molecule has 2 aromatic carbocycles. The Morgan fingerprint density at radius 3 is 2.26 bits per heavy atom. The molecule has 0 saturated heterocycles. The summed E-state index contributed by atoms with van der Waals surface area (Å²) in [6, 6.07) is 18.2. The van der Waals surface area contributed by atoms with E-state index in [0.29, 0.717) is 22.9 Å². The van der Waals surface area contributed by atoms with Crippen molar-refractivity contribution in [1.82, 2.24) is 9.97 Å². The van der Waals surface area contributed by atoms with Gasteiger partial charge in [-0.2, -0.15) is 0 Å². The first-order chi connectivity index (χ1) is 12.9. The lowest BCUT2D eigenvalue weighted by molar-refractivity contribution is 0.101. The van der Waals surface area contributed by atoms with Crippen molar-refractivity contribution in [1.29, 1.82) is 0 Å². The molecule has 0 aliphatic carbocycles. The first-order valence-electron chi connectivity index (χ1n) is 8.51. The molecule has 3 aromatic rings. The van der Waals surface area contributed by atoms with Gasteiger partial charge in [-0.15, -0.1) is 0 Å². The Morgan fingerprint density at radius 1 is 0.963 bits per heavy atom. The van der Waals surface area contributed by atoms with Gasteiger partial charge in [-0.25, -0.2) is 9.97 Å². The Hall–Kier alpha value is -3.54. The van der Waals surface area contributed by atoms with Gasteiger partial charge < -0.3 is 10.2 Å². The number of rotatable bonds is 5. The Kier molecular flexibility index (Phi) is 5.26. The highest BCUT2D eigenvalue weighted by molar-refractivity contribution is 6.03. The number of Topliss-reactive ketones (excluding diaryl/α,β-unsaturated/α-hetero) is 1. The highest BCUT2D eigenvalue weighted by Crippen LogP contribution is 2.22. The van der Waals surface area contributed by atoms with Crippen molar-refractivity contribution >= 4 is 28.9 Å². The number of carbonyl (C=O) groups excluding carboxylic acids is 2. The molecular formula is C21H20N4O2. The second kappa shape index (κ2) is 7.78. The molecule has 0 radical (unpaired) electrons. The fourth-order valence-corrected chi connectivity index (χ4v) is 2.61. The van der Waals surface area contributed by atoms with Crippen molar-refractivity contribution in [3.05, 3.63) is 77.7 Å². The lowest BCUT2D eigenvalue weighted by atomic mass is 10.1. The minimum atomic E-state index is -0.334. The molecule has 6 nitrogen and oxygen atoms in total. The second-order valence-corrected chi connectivity index (χ2v) is 6.14. The number of hydrogen-bond acceptors (Lipinski definition) is 5. The number of amides is 1. The number of hydrogen-bond donors (Lipinski definition) is 1. The molecule has 0 spiro atoms. The smallest absolute Gasteiger partial charge is 0.274 e. The predicted octanol–water partition coefficient (Wildman–Crippen LogP) is 4.01. The van der Waals surface area contributed by atoms with Crippen molar-refractivity contribution in [3.63, 3.8) is 0 Å². The van der Waals surface area contributed by atoms with Gasteiger partial charge in [0.25, 0.3) is 5.91 Å². The van der Waals surface area contributed by atoms with Crippen molar-refractivity contribution in [2.75, 3.05) is 17.3 Å². The maximum Gasteiger partial charge on any atom is 0.274 e. The van der Waals surface area contributed by atoms with Crippen LogP contribution in [0.3, 0.4) is 0 Å². The van der Waals surface area contributed by atoms with Gasteiger partial charge in [0.15, 0.2) is 5.78 Å². The summed E-state index contributed by atoms with van der Waals surface area (Å²) in [6.07, 6.45) is 0. The van der Waals surface area contributed by atoms with E-state index < -0.39 is 0 Å². The van der Waals surface area contributed by atoms with Crippen LogP contribution in [0.25, 0.3) is 0 Å². The Bertz CT molecular complexity index is 969. The molecule has 0 aliphatic rings. The number of aromatic nitrogens is 2. The zero-order chi connectivity index (χ0) is 19.4. The quantitative estimate of drug-likeness (QED) is 0.696. The monoisotopic (exact) mass is 360 g/mol. The molecule has 0 atom stereocenters. The van der Waals surface area contributed by atoms with Gasteiger partial charge in [-0.3, -0.25) is 9.59 Å². The summed E-state index contributed by atoms with van der Waals surface area (Å²) < 4.78 is 0. The van der Waals surface area contributed by atoms with Crippen LogP contribution in [0.2, 0.25) is 0 Å². The largest absolute Gasteiger partial charge is 0.329 e. The topological polar surface area (TPSA) is 75.2 Å². The summed E-state index contributed by atoms with van der Waals surface area (Å²) in [5, 5.41) is 2.80. The van der Waals surface area contributed by atoms with Crippen molar-refractivity contribution in [3.8, 4) is 0 Å². The van der Waals surface area contributed by atoms with Crippen LogP contribution in [0.1, 0.15) is 33.6 Å². The Labute approximate surface area is 157 Å². The van der Waals surface area contributed by atoms with Crippen molar-refractivity contribution in [2.24, 2.45) is 0 Å². The summed E-state index contributed by atoms with van der Waals surface area (Å²) in [5.74, 6) is 0.782. The van der Waals surface area contributed by atoms with Gasteiger partial charge in [-0.05, 0) is 50.2 Å². The summed E-state index contributed by atoms with van der Waals surface area (Å²) in [6.45, 7) is 3.25. The van der Waals surface area contributed by atoms with Crippen LogP contribution in [0.5, 0.6) is 0 Å². The molecule has 1 amide bonds. The SMILES string of the molecule is CC(=O)c1ccc(NC(=O)c2cc(N(C)c3ccccc3)nc(C)n2)cc1. The molecule has 0 aliphatic heterocycles. The van der Waals surface area contributed by atoms with Crippen molar-refractivity contribution < 1.29 is 9.59 Å². The highest BCUT2D eigenvalue weighted by atomic mass is 16.2. The number of benzene rings is 2. The van der Waals surface area contributed by atoms with Gasteiger partial charge >= 0.3 is 0 Å². The normalized spacial score (nSPS) is 10.3. The predicted molar refractivity (Wildman–Crippen MR) is 106 cm³/mol. The third-order valence-electron chi connectivity index (χ3n) is 4.09. The average Bonchev–Trinajstić information content (AvgIpc) is 2.68. The second-order valence-electron chi connectivity index (χ2n) is 6.14. The van der Waals surface area contributed by atoms with E-state index in [1.807, 2.05) is 42.3 Å². The molecule has 0 saturated carbocycles. The maximum atomic E-state index is 12.6. The third kappa shape index (κ3) is 4.36. The molecular weight excluding hydrogens is 340 g/mol. The number of nitrogens with zero attached hydrogens (tertiary/aromatic N) is 3. The number of para-hydroxylation sites is 1. The summed E-state index contributed by atoms with van der Waals surface area (Å²) >= 11 is 0. The van der Waals surface area contributed by atoms with Crippen LogP contribution in [-0.2, 0) is 0 Å². The molecule has 1 aromatic heterocycles. The molecule has 1 heterocycles. The maximum absolute atomic E-state index is 12.6. The van der Waals surface area contributed by atoms with E-state index >= 15 is 0 Å². The van der Waals surface area contributed by atoms with Gasteiger partial charge in [0.05, 0.1) is 0 Å². The van der Waals surface area contributed by atoms with Crippen LogP contribution < -0.4 is 10.2 Å². The van der Waals surface area contributed by atoms with Crippen LogP contribution in [0.4, 0.5) is 17.2 Å². The van der Waals surface area contributed by atoms with Gasteiger partial charge in [-0.1, -0.05) is 18.2 Å². The zero-order valence-electron chi connectivity index (χ0n) is 15.4. The summed E-state index contributed by atoms with van der Waals surface area (Å²) in [4.78, 5) is 34.5. The number of carbonyl (C=O) groups is 2. The fourth-order valence-electron chi connectivity index (χ4n) is 2.61. The van der Waals surface area contributed by atoms with Crippen molar-refractivity contribution in [2.45, 2.75) is 13.8 Å². The Morgan fingerprint density at radius 2 is 1.63 bits per heavy atom. The molecule has 3 rings (SSSR count). The molecule has 0 bridgehead atoms. The molecule has 27 heavy (non-hydrogen) atoms. The van der Waals surface area contributed by atoms with E-state index in [-0.39, 0.29) is 17.4 Å². The van der Waals surface area contributed by atoms with E-state index in [0.717, 1.165) is 5.69 Å². The van der Waals surface area contributed by atoms with E-state index in [9.17, 15) is 9.59 Å². The molecule has 0 unspecified atom stereocenters. The molecule has 136 valence electrons. The van der Waals surface area contributed by atoms with Gasteiger partial charge in [0.1, 0.15) is 17.3 Å². The van der Waals surface area contributed by atoms with Crippen LogP contribution in [0.15, 0.2) is 60.7 Å². The molecule has 0 fully saturated rings. The lowest BCUT2D eigenvalue weighted by Gasteiger charge is -2.19. The molecule has 1 N–H and O–H groups in total. The number of anilines is 3. The highest BCUT2D eigenvalue weighted by Gasteiger charge is 2.14. The van der Waals surface area contributed by atoms with E-state index in [2.05, 4.69) is 15.3 Å². The standard InChI is InChI=1S/C21H20N4O2/c1-14(26)16-9-11-17(12-10-16)24-21(27)19-13-20(23-15(2)22-19)25(3)18-7-5-4-6-8-18/h4-13H,1-3H3,(H,24,27). The average molecular weight is 360 g/mol. The third-order valence-corrected chi connectivity index (χ3v) is 4.09. The molecule has 6 heteroatoms. The zero-order valence-corrected chi connectivity index (χ0v) is 15.4. The van der Waals surface area contributed by atoms with Gasteiger partial charge in [0.2, 0.25) is 0 Å². The van der Waals surface area contributed by atoms with Gasteiger partial charge in [0, 0.05) is 30.1 Å². The Balaban J connectivity index is 1.82. The lowest BCUT2D eigenvalue weighted by Crippen LogP contribution is -2.18. The van der Waals surface area contributed by atoms with E-state index in [1.165, 1.54) is 6.92 Å². The summed E-state index contributed by atoms with van der Waals surface area (Å²) in [7, 11) is 1.89.